The van der Waals surface area contributed by atoms with E-state index in [1.807, 2.05) is 6.07 Å². The Morgan fingerprint density at radius 1 is 0.917 bits per heavy atom. The molecule has 0 aliphatic carbocycles. The molecule has 0 saturated heterocycles. The SMILES string of the molecule is CC(C)[Si](C#Cc1cccc2c(F)ccc(O)c12)(C(C)C)C(C)C. The second-order valence-electron chi connectivity index (χ2n) is 7.44. The molecule has 1 nitrogen and oxygen atoms in total. The molecule has 3 heteroatoms. The van der Waals surface area contributed by atoms with Gasteiger partial charge in [-0.25, -0.2) is 4.39 Å². The maximum absolute atomic E-state index is 14.1. The third-order valence-corrected chi connectivity index (χ3v) is 11.5. The van der Waals surface area contributed by atoms with E-state index in [4.69, 9.17) is 0 Å². The van der Waals surface area contributed by atoms with Gasteiger partial charge in [-0.15, -0.1) is 5.54 Å². The topological polar surface area (TPSA) is 20.2 Å². The van der Waals surface area contributed by atoms with Crippen molar-refractivity contribution < 1.29 is 9.50 Å². The highest BCUT2D eigenvalue weighted by Crippen LogP contribution is 2.41. The first kappa shape index (κ1) is 18.5. The summed E-state index contributed by atoms with van der Waals surface area (Å²) < 4.78 is 14.1. The first-order chi connectivity index (χ1) is 11.2. The third-order valence-electron chi connectivity index (χ3n) is 5.25. The van der Waals surface area contributed by atoms with Crippen LogP contribution in [0.1, 0.15) is 47.1 Å². The summed E-state index contributed by atoms with van der Waals surface area (Å²) >= 11 is 0. The molecule has 0 aliphatic heterocycles. The van der Waals surface area contributed by atoms with Gasteiger partial charge in [0.1, 0.15) is 19.6 Å². The minimum Gasteiger partial charge on any atom is -0.507 e. The maximum Gasteiger partial charge on any atom is 0.146 e. The van der Waals surface area contributed by atoms with Crippen LogP contribution in [0.2, 0.25) is 16.6 Å². The lowest BCUT2D eigenvalue weighted by atomic mass is 10.0. The van der Waals surface area contributed by atoms with Crippen molar-refractivity contribution in [3.63, 3.8) is 0 Å². The summed E-state index contributed by atoms with van der Waals surface area (Å²) in [7, 11) is -1.87. The molecule has 0 bridgehead atoms. The number of hydrogen-bond donors (Lipinski definition) is 1. The first-order valence-electron chi connectivity index (χ1n) is 8.65. The van der Waals surface area contributed by atoms with E-state index >= 15 is 0 Å². The molecule has 0 radical (unpaired) electrons. The van der Waals surface area contributed by atoms with Gasteiger partial charge in [-0.2, -0.15) is 0 Å². The molecule has 2 aromatic carbocycles. The largest absolute Gasteiger partial charge is 0.507 e. The fourth-order valence-electron chi connectivity index (χ4n) is 4.07. The molecule has 1 N–H and O–H groups in total. The quantitative estimate of drug-likeness (QED) is 0.516. The zero-order valence-electron chi connectivity index (χ0n) is 15.4. The smallest absolute Gasteiger partial charge is 0.146 e. The fourth-order valence-corrected chi connectivity index (χ4v) is 9.28. The molecule has 0 saturated carbocycles. The zero-order chi connectivity index (χ0) is 18.1. The molecule has 24 heavy (non-hydrogen) atoms. The molecule has 128 valence electrons. The van der Waals surface area contributed by atoms with Crippen LogP contribution in [-0.4, -0.2) is 13.2 Å². The Morgan fingerprint density at radius 3 is 2.04 bits per heavy atom. The number of hydrogen-bond acceptors (Lipinski definition) is 1. The molecule has 0 aliphatic rings. The van der Waals surface area contributed by atoms with Crippen LogP contribution in [0.5, 0.6) is 5.75 Å². The molecule has 0 spiro atoms. The number of rotatable bonds is 3. The van der Waals surface area contributed by atoms with E-state index in [9.17, 15) is 9.50 Å². The lowest BCUT2D eigenvalue weighted by molar-refractivity contribution is 0.480. The molecule has 0 amide bonds. The molecule has 0 heterocycles. The highest BCUT2D eigenvalue weighted by Gasteiger charge is 2.41. The minimum absolute atomic E-state index is 0.0854. The lowest BCUT2D eigenvalue weighted by Gasteiger charge is -2.38. The summed E-state index contributed by atoms with van der Waals surface area (Å²) in [5, 5.41) is 11.2. The summed E-state index contributed by atoms with van der Waals surface area (Å²) in [5.41, 5.74) is 5.95. The average Bonchev–Trinajstić information content (AvgIpc) is 2.50. The highest BCUT2D eigenvalue weighted by molar-refractivity contribution is 6.90. The summed E-state index contributed by atoms with van der Waals surface area (Å²) in [6, 6.07) is 8.06. The Kier molecular flexibility index (Phi) is 5.40. The van der Waals surface area contributed by atoms with Crippen molar-refractivity contribution in [2.45, 2.75) is 58.2 Å². The van der Waals surface area contributed by atoms with E-state index in [0.29, 0.717) is 33.0 Å². The molecule has 0 unspecified atom stereocenters. The van der Waals surface area contributed by atoms with Crippen molar-refractivity contribution >= 4 is 18.8 Å². The summed E-state index contributed by atoms with van der Waals surface area (Å²) in [6.45, 7) is 13.6. The maximum atomic E-state index is 14.1. The molecule has 0 atom stereocenters. The van der Waals surface area contributed by atoms with Gasteiger partial charge >= 0.3 is 0 Å². The van der Waals surface area contributed by atoms with Gasteiger partial charge < -0.3 is 5.11 Å². The molecule has 2 rings (SSSR count). The second-order valence-corrected chi connectivity index (χ2v) is 13.0. The van der Waals surface area contributed by atoms with E-state index in [0.717, 1.165) is 0 Å². The Balaban J connectivity index is 2.70. The zero-order valence-corrected chi connectivity index (χ0v) is 16.4. The monoisotopic (exact) mass is 342 g/mol. The normalized spacial score (nSPS) is 12.1. The van der Waals surface area contributed by atoms with Gasteiger partial charge in [0.2, 0.25) is 0 Å². The van der Waals surface area contributed by atoms with Crippen molar-refractivity contribution in [3.05, 3.63) is 41.7 Å². The van der Waals surface area contributed by atoms with Gasteiger partial charge in [-0.3, -0.25) is 0 Å². The summed E-state index contributed by atoms with van der Waals surface area (Å²) in [6.07, 6.45) is 0. The standard InChI is InChI=1S/C21H27FOSi/c1-14(2)24(15(3)4,16(5)6)13-12-17-8-7-9-18-19(22)10-11-20(23)21(17)18/h7-11,14-16,23H,1-6H3. The van der Waals surface area contributed by atoms with Crippen molar-refractivity contribution in [1.29, 1.82) is 0 Å². The Hall–Kier alpha value is -1.79. The lowest BCUT2D eigenvalue weighted by Crippen LogP contribution is -2.43. The van der Waals surface area contributed by atoms with Crippen LogP contribution >= 0.6 is 0 Å². The number of phenolic OH excluding ortho intramolecular Hbond substituents is 1. The van der Waals surface area contributed by atoms with Crippen LogP contribution in [0.15, 0.2) is 30.3 Å². The van der Waals surface area contributed by atoms with Crippen LogP contribution in [0, 0.1) is 17.3 Å². The molecule has 0 fully saturated rings. The van der Waals surface area contributed by atoms with Gasteiger partial charge in [0.25, 0.3) is 0 Å². The van der Waals surface area contributed by atoms with Crippen LogP contribution in [0.4, 0.5) is 4.39 Å². The molecular weight excluding hydrogens is 315 g/mol. The first-order valence-corrected chi connectivity index (χ1v) is 10.9. The van der Waals surface area contributed by atoms with Crippen LogP contribution < -0.4 is 0 Å². The van der Waals surface area contributed by atoms with E-state index < -0.39 is 8.07 Å². The average molecular weight is 343 g/mol. The van der Waals surface area contributed by atoms with Gasteiger partial charge in [0.15, 0.2) is 0 Å². The van der Waals surface area contributed by atoms with E-state index in [1.54, 1.807) is 12.1 Å². The van der Waals surface area contributed by atoms with Gasteiger partial charge in [0.05, 0.1) is 0 Å². The predicted molar refractivity (Wildman–Crippen MR) is 103 cm³/mol. The van der Waals surface area contributed by atoms with Gasteiger partial charge in [-0.05, 0) is 34.8 Å². The van der Waals surface area contributed by atoms with Crippen molar-refractivity contribution in [2.75, 3.05) is 0 Å². The Labute approximate surface area is 145 Å². The highest BCUT2D eigenvalue weighted by atomic mass is 28.3. The van der Waals surface area contributed by atoms with E-state index in [-0.39, 0.29) is 11.6 Å². The fraction of sp³-hybridized carbons (Fsp3) is 0.429. The summed E-state index contributed by atoms with van der Waals surface area (Å²) in [4.78, 5) is 0. The Bertz CT molecular complexity index is 775. The second kappa shape index (κ2) is 6.99. The minimum atomic E-state index is -1.87. The van der Waals surface area contributed by atoms with Gasteiger partial charge in [0, 0.05) is 16.3 Å². The van der Waals surface area contributed by atoms with Crippen molar-refractivity contribution in [3.8, 4) is 17.2 Å². The predicted octanol–water partition coefficient (Wildman–Crippen LogP) is 6.25. The number of phenols is 1. The number of fused-ring (bicyclic) bond motifs is 1. The van der Waals surface area contributed by atoms with E-state index in [2.05, 4.69) is 53.0 Å². The number of benzene rings is 2. The van der Waals surface area contributed by atoms with Crippen LogP contribution in [-0.2, 0) is 0 Å². The number of halogens is 1. The Morgan fingerprint density at radius 2 is 1.50 bits per heavy atom. The van der Waals surface area contributed by atoms with Crippen LogP contribution in [0.3, 0.4) is 0 Å². The van der Waals surface area contributed by atoms with E-state index in [1.165, 1.54) is 12.1 Å². The third kappa shape index (κ3) is 3.08. The summed E-state index contributed by atoms with van der Waals surface area (Å²) in [5.74, 6) is 3.08. The number of aromatic hydroxyl groups is 1. The van der Waals surface area contributed by atoms with Crippen molar-refractivity contribution in [1.82, 2.24) is 0 Å². The van der Waals surface area contributed by atoms with Crippen molar-refractivity contribution in [2.24, 2.45) is 0 Å². The molecular formula is C21H27FOSi. The molecule has 2 aromatic rings. The van der Waals surface area contributed by atoms with Gasteiger partial charge in [-0.1, -0.05) is 59.6 Å². The molecule has 0 aromatic heterocycles. The van der Waals surface area contributed by atoms with Crippen LogP contribution in [0.25, 0.3) is 10.8 Å².